The topological polar surface area (TPSA) is 46.2 Å². The van der Waals surface area contributed by atoms with Gasteiger partial charge in [0.2, 0.25) is 10.0 Å². The van der Waals surface area contributed by atoms with Gasteiger partial charge in [0.1, 0.15) is 0 Å². The van der Waals surface area contributed by atoms with E-state index in [9.17, 15) is 8.42 Å². The lowest BCUT2D eigenvalue weighted by Crippen LogP contribution is -2.09. The van der Waals surface area contributed by atoms with E-state index in [-0.39, 0.29) is 0 Å². The molecule has 0 saturated heterocycles. The zero-order valence-corrected chi connectivity index (χ0v) is 12.0. The fraction of sp³-hybridized carbons (Fsp3) is 0.143. The van der Waals surface area contributed by atoms with Crippen LogP contribution in [0.1, 0.15) is 11.1 Å². The maximum Gasteiger partial charge on any atom is 0.229 e. The molecule has 2 rings (SSSR count). The minimum atomic E-state index is -3.24. The summed E-state index contributed by atoms with van der Waals surface area (Å²) in [6, 6.07) is 15.0. The average molecular weight is 296 g/mol. The molecule has 100 valence electrons. The van der Waals surface area contributed by atoms with Crippen molar-refractivity contribution in [2.24, 2.45) is 0 Å². The number of anilines is 1. The summed E-state index contributed by atoms with van der Waals surface area (Å²) in [5, 5.41) is 0.705. The maximum absolute atomic E-state index is 11.2. The van der Waals surface area contributed by atoms with Gasteiger partial charge in [-0.3, -0.25) is 4.72 Å². The molecule has 0 unspecified atom stereocenters. The number of hydrogen-bond acceptors (Lipinski definition) is 2. The van der Waals surface area contributed by atoms with E-state index < -0.39 is 10.0 Å². The zero-order chi connectivity index (χ0) is 13.9. The minimum absolute atomic E-state index is 0.578. The van der Waals surface area contributed by atoms with Crippen LogP contribution < -0.4 is 4.72 Å². The number of benzene rings is 2. The van der Waals surface area contributed by atoms with E-state index in [0.717, 1.165) is 23.8 Å². The molecule has 2 aromatic rings. The normalized spacial score (nSPS) is 11.3. The van der Waals surface area contributed by atoms with Gasteiger partial charge in [-0.15, -0.1) is 0 Å². The van der Waals surface area contributed by atoms with Gasteiger partial charge in [0.05, 0.1) is 6.26 Å². The van der Waals surface area contributed by atoms with Crippen molar-refractivity contribution in [3.63, 3.8) is 0 Å². The Labute approximate surface area is 118 Å². The third-order valence-electron chi connectivity index (χ3n) is 2.55. The fourth-order valence-corrected chi connectivity index (χ4v) is 2.48. The molecule has 0 bridgehead atoms. The number of nitrogens with one attached hydrogen (secondary N) is 1. The fourth-order valence-electron chi connectivity index (χ4n) is 1.80. The second-order valence-electron chi connectivity index (χ2n) is 4.38. The molecule has 0 amide bonds. The first-order chi connectivity index (χ1) is 8.92. The molecule has 1 N–H and O–H groups in total. The van der Waals surface area contributed by atoms with E-state index in [1.165, 1.54) is 0 Å². The molecule has 0 atom stereocenters. The Morgan fingerprint density at radius 3 is 2.37 bits per heavy atom. The lowest BCUT2D eigenvalue weighted by Gasteiger charge is -2.07. The summed E-state index contributed by atoms with van der Waals surface area (Å²) < 4.78 is 24.8. The van der Waals surface area contributed by atoms with Crippen LogP contribution in [0.25, 0.3) is 0 Å². The summed E-state index contributed by atoms with van der Waals surface area (Å²) in [6.45, 7) is 0. The smallest absolute Gasteiger partial charge is 0.229 e. The molecule has 2 aromatic carbocycles. The van der Waals surface area contributed by atoms with Crippen LogP contribution in [-0.4, -0.2) is 14.7 Å². The third kappa shape index (κ3) is 4.58. The highest BCUT2D eigenvalue weighted by Gasteiger charge is 2.03. The number of halogens is 1. The molecule has 19 heavy (non-hydrogen) atoms. The minimum Gasteiger partial charge on any atom is -0.284 e. The highest BCUT2D eigenvalue weighted by atomic mass is 35.5. The van der Waals surface area contributed by atoms with E-state index >= 15 is 0 Å². The highest BCUT2D eigenvalue weighted by Crippen LogP contribution is 2.17. The van der Waals surface area contributed by atoms with Gasteiger partial charge < -0.3 is 0 Å². The quantitative estimate of drug-likeness (QED) is 0.940. The summed E-state index contributed by atoms with van der Waals surface area (Å²) >= 11 is 5.84. The summed E-state index contributed by atoms with van der Waals surface area (Å²) in [7, 11) is -3.24. The van der Waals surface area contributed by atoms with E-state index in [2.05, 4.69) is 4.72 Å². The summed E-state index contributed by atoms with van der Waals surface area (Å²) in [5.74, 6) is 0. The van der Waals surface area contributed by atoms with Crippen molar-refractivity contribution in [2.75, 3.05) is 11.0 Å². The van der Waals surface area contributed by atoms with E-state index in [1.54, 1.807) is 6.07 Å². The summed E-state index contributed by atoms with van der Waals surface area (Å²) in [5.41, 5.74) is 2.74. The van der Waals surface area contributed by atoms with Crippen LogP contribution in [0.2, 0.25) is 5.02 Å². The molecule has 3 nitrogen and oxygen atoms in total. The first kappa shape index (κ1) is 13.9. The molecule has 0 fully saturated rings. The van der Waals surface area contributed by atoms with Crippen molar-refractivity contribution in [3.05, 3.63) is 64.7 Å². The van der Waals surface area contributed by atoms with Gasteiger partial charge in [-0.1, -0.05) is 35.9 Å². The number of sulfonamides is 1. The predicted octanol–water partition coefficient (Wildman–Crippen LogP) is 3.30. The Morgan fingerprint density at radius 1 is 1.05 bits per heavy atom. The lowest BCUT2D eigenvalue weighted by atomic mass is 10.0. The largest absolute Gasteiger partial charge is 0.284 e. The van der Waals surface area contributed by atoms with Crippen molar-refractivity contribution in [2.45, 2.75) is 6.42 Å². The molecule has 0 aliphatic carbocycles. The van der Waals surface area contributed by atoms with Crippen LogP contribution in [0.5, 0.6) is 0 Å². The second kappa shape index (κ2) is 5.63. The van der Waals surface area contributed by atoms with Gasteiger partial charge >= 0.3 is 0 Å². The van der Waals surface area contributed by atoms with Gasteiger partial charge in [-0.05, 0) is 41.8 Å². The van der Waals surface area contributed by atoms with Crippen molar-refractivity contribution >= 4 is 27.3 Å². The first-order valence-electron chi connectivity index (χ1n) is 5.73. The van der Waals surface area contributed by atoms with Crippen LogP contribution in [-0.2, 0) is 16.4 Å². The Kier molecular flexibility index (Phi) is 4.12. The third-order valence-corrected chi connectivity index (χ3v) is 3.41. The molecular formula is C14H14ClNO2S. The van der Waals surface area contributed by atoms with Crippen molar-refractivity contribution in [1.29, 1.82) is 0 Å². The first-order valence-corrected chi connectivity index (χ1v) is 8.00. The molecular weight excluding hydrogens is 282 g/mol. The molecule has 0 saturated carbocycles. The Balaban J connectivity index is 2.17. The highest BCUT2D eigenvalue weighted by molar-refractivity contribution is 7.92. The molecule has 0 spiro atoms. The predicted molar refractivity (Wildman–Crippen MR) is 79.2 cm³/mol. The monoisotopic (exact) mass is 295 g/mol. The second-order valence-corrected chi connectivity index (χ2v) is 6.56. The van der Waals surface area contributed by atoms with Crippen molar-refractivity contribution in [3.8, 4) is 0 Å². The van der Waals surface area contributed by atoms with E-state index in [4.69, 9.17) is 11.6 Å². The van der Waals surface area contributed by atoms with Crippen LogP contribution in [0.15, 0.2) is 48.5 Å². The standard InChI is InChI=1S/C14H14ClNO2S/c1-19(17,18)16-14-4-2-3-12(10-14)9-11-5-7-13(15)8-6-11/h2-8,10,16H,9H2,1H3. The SMILES string of the molecule is CS(=O)(=O)Nc1cccc(Cc2ccc(Cl)cc2)c1. The molecule has 0 aliphatic rings. The van der Waals surface area contributed by atoms with Gasteiger partial charge in [0, 0.05) is 10.7 Å². The van der Waals surface area contributed by atoms with Crippen LogP contribution in [0.3, 0.4) is 0 Å². The Morgan fingerprint density at radius 2 is 1.74 bits per heavy atom. The summed E-state index contributed by atoms with van der Waals surface area (Å²) in [6.07, 6.45) is 1.87. The van der Waals surface area contributed by atoms with Gasteiger partial charge in [-0.25, -0.2) is 8.42 Å². The molecule has 0 heterocycles. The molecule has 5 heteroatoms. The van der Waals surface area contributed by atoms with Gasteiger partial charge in [-0.2, -0.15) is 0 Å². The van der Waals surface area contributed by atoms with Gasteiger partial charge in [0.25, 0.3) is 0 Å². The number of hydrogen-bond donors (Lipinski definition) is 1. The Hall–Kier alpha value is -1.52. The van der Waals surface area contributed by atoms with Gasteiger partial charge in [0.15, 0.2) is 0 Å². The molecule has 0 radical (unpaired) electrons. The van der Waals surface area contributed by atoms with Crippen molar-refractivity contribution in [1.82, 2.24) is 0 Å². The molecule has 0 aromatic heterocycles. The lowest BCUT2D eigenvalue weighted by molar-refractivity contribution is 0.607. The summed E-state index contributed by atoms with van der Waals surface area (Å²) in [4.78, 5) is 0. The maximum atomic E-state index is 11.2. The molecule has 0 aliphatic heterocycles. The number of rotatable bonds is 4. The zero-order valence-electron chi connectivity index (χ0n) is 10.4. The van der Waals surface area contributed by atoms with Crippen LogP contribution in [0.4, 0.5) is 5.69 Å². The van der Waals surface area contributed by atoms with Crippen molar-refractivity contribution < 1.29 is 8.42 Å². The van der Waals surface area contributed by atoms with E-state index in [1.807, 2.05) is 42.5 Å². The Bertz CT molecular complexity index is 666. The van der Waals surface area contributed by atoms with Crippen LogP contribution >= 0.6 is 11.6 Å². The van der Waals surface area contributed by atoms with E-state index in [0.29, 0.717) is 10.7 Å². The van der Waals surface area contributed by atoms with Crippen LogP contribution in [0, 0.1) is 0 Å². The average Bonchev–Trinajstić information content (AvgIpc) is 2.30.